The molecule has 0 spiro atoms. The lowest BCUT2D eigenvalue weighted by Gasteiger charge is -2.29. The van der Waals surface area contributed by atoms with Crippen LogP contribution >= 0.6 is 0 Å². The van der Waals surface area contributed by atoms with Crippen molar-refractivity contribution in [3.05, 3.63) is 89.3 Å². The molecule has 1 saturated carbocycles. The van der Waals surface area contributed by atoms with Crippen LogP contribution in [0.25, 0.3) is 22.3 Å². The van der Waals surface area contributed by atoms with Crippen LogP contribution in [0.15, 0.2) is 66.7 Å². The molecule has 0 amide bonds. The fourth-order valence-corrected chi connectivity index (χ4v) is 6.67. The summed E-state index contributed by atoms with van der Waals surface area (Å²) >= 11 is 0. The predicted octanol–water partition coefficient (Wildman–Crippen LogP) is 9.61. The Bertz CT molecular complexity index is 1520. The van der Waals surface area contributed by atoms with Crippen molar-refractivity contribution in [2.75, 3.05) is 26.4 Å². The van der Waals surface area contributed by atoms with Crippen molar-refractivity contribution in [3.8, 4) is 28.0 Å². The molecule has 0 aliphatic heterocycles. The number of hydrogen-bond donors (Lipinski definition) is 2. The van der Waals surface area contributed by atoms with E-state index >= 15 is 4.39 Å². The summed E-state index contributed by atoms with van der Waals surface area (Å²) in [7, 11) is 0. The predicted molar refractivity (Wildman–Crippen MR) is 193 cm³/mol. The first-order valence-corrected chi connectivity index (χ1v) is 17.8. The lowest BCUT2D eigenvalue weighted by Crippen LogP contribution is -2.33. The van der Waals surface area contributed by atoms with E-state index in [1.807, 2.05) is 36.4 Å². The largest absolute Gasteiger partial charge is 0.493 e. The van der Waals surface area contributed by atoms with E-state index in [0.717, 1.165) is 58.6 Å². The third-order valence-electron chi connectivity index (χ3n) is 9.99. The number of carbonyl (C=O) groups is 1. The van der Waals surface area contributed by atoms with Gasteiger partial charge in [-0.3, -0.25) is 0 Å². The molecule has 0 heterocycles. The SMILES string of the molecule is C=C(C)C(=O)OCCc1cc(-c2ccc(-c3ccc(C4CCC(CCCCC)CC4)cc3F)c(CC)c2)ccc1OCC(C)(CO)CO. The van der Waals surface area contributed by atoms with Crippen LogP contribution in [0, 0.1) is 17.2 Å². The van der Waals surface area contributed by atoms with Gasteiger partial charge in [0, 0.05) is 23.0 Å². The molecular weight excluding hydrogens is 603 g/mol. The van der Waals surface area contributed by atoms with Gasteiger partial charge in [0.2, 0.25) is 0 Å². The van der Waals surface area contributed by atoms with Gasteiger partial charge in [-0.15, -0.1) is 0 Å². The molecule has 6 heteroatoms. The third kappa shape index (κ3) is 9.79. The molecule has 2 N–H and O–H groups in total. The second kappa shape index (κ2) is 17.8. The monoisotopic (exact) mass is 658 g/mol. The summed E-state index contributed by atoms with van der Waals surface area (Å²) in [5, 5.41) is 19.5. The number of carbonyl (C=O) groups excluding carboxylic acids is 1. The minimum Gasteiger partial charge on any atom is -0.493 e. The standard InChI is InChI=1S/C42H55FO5/c1-6-8-9-10-30-11-13-32(14-12-30)35-16-19-38(39(43)25-35)37-18-15-33(23-31(37)7-2)34-17-20-40(48-28-42(5,26-44)27-45)36(24-34)21-22-47-41(46)29(3)4/h15-20,23-25,30,32,44-45H,3,6-14,21-22,26-28H2,1-2,4-5H3. The molecule has 3 aromatic rings. The van der Waals surface area contributed by atoms with E-state index in [9.17, 15) is 15.0 Å². The van der Waals surface area contributed by atoms with Crippen LogP contribution in [0.4, 0.5) is 4.39 Å². The van der Waals surface area contributed by atoms with Gasteiger partial charge in [-0.25, -0.2) is 9.18 Å². The van der Waals surface area contributed by atoms with Gasteiger partial charge in [-0.2, -0.15) is 0 Å². The lowest BCUT2D eigenvalue weighted by molar-refractivity contribution is -0.138. The van der Waals surface area contributed by atoms with Gasteiger partial charge in [0.25, 0.3) is 0 Å². The summed E-state index contributed by atoms with van der Waals surface area (Å²) in [5.74, 6) is 1.25. The highest BCUT2D eigenvalue weighted by Gasteiger charge is 2.25. The summed E-state index contributed by atoms with van der Waals surface area (Å²) < 4.78 is 27.2. The quantitative estimate of drug-likeness (QED) is 0.0858. The summed E-state index contributed by atoms with van der Waals surface area (Å²) in [4.78, 5) is 12.0. The highest BCUT2D eigenvalue weighted by molar-refractivity contribution is 5.86. The Morgan fingerprint density at radius 3 is 2.21 bits per heavy atom. The molecule has 3 aromatic carbocycles. The number of aryl methyl sites for hydroxylation is 1. The molecule has 0 saturated heterocycles. The smallest absolute Gasteiger partial charge is 0.333 e. The zero-order valence-corrected chi connectivity index (χ0v) is 29.5. The molecule has 0 unspecified atom stereocenters. The van der Waals surface area contributed by atoms with E-state index in [2.05, 4.69) is 32.6 Å². The number of hydrogen-bond acceptors (Lipinski definition) is 5. The zero-order chi connectivity index (χ0) is 34.7. The van der Waals surface area contributed by atoms with Gasteiger partial charge in [0.05, 0.1) is 26.4 Å². The molecule has 0 radical (unpaired) electrons. The van der Waals surface area contributed by atoms with E-state index < -0.39 is 11.4 Å². The molecule has 1 fully saturated rings. The fraction of sp³-hybridized carbons (Fsp3) is 0.500. The summed E-state index contributed by atoms with van der Waals surface area (Å²) in [6.07, 6.45) is 11.2. The van der Waals surface area contributed by atoms with Crippen LogP contribution in [0.5, 0.6) is 5.75 Å². The highest BCUT2D eigenvalue weighted by Crippen LogP contribution is 2.40. The summed E-state index contributed by atoms with van der Waals surface area (Å²) in [6, 6.07) is 17.9. The topological polar surface area (TPSA) is 76.0 Å². The number of rotatable bonds is 17. The van der Waals surface area contributed by atoms with Crippen LogP contribution in [0.3, 0.4) is 0 Å². The molecule has 0 bridgehead atoms. The van der Waals surface area contributed by atoms with Crippen LogP contribution in [0.1, 0.15) is 102 Å². The summed E-state index contributed by atoms with van der Waals surface area (Å²) in [5.41, 5.74) is 6.04. The number of ether oxygens (including phenoxy) is 2. The van der Waals surface area contributed by atoms with Gasteiger partial charge >= 0.3 is 5.97 Å². The molecule has 1 aliphatic rings. The Labute approximate surface area is 287 Å². The molecule has 5 nitrogen and oxygen atoms in total. The number of unbranched alkanes of at least 4 members (excludes halogenated alkanes) is 2. The number of esters is 1. The molecule has 260 valence electrons. The Morgan fingerprint density at radius 2 is 1.58 bits per heavy atom. The second-order valence-corrected chi connectivity index (χ2v) is 14.1. The van der Waals surface area contributed by atoms with Crippen molar-refractivity contribution in [2.24, 2.45) is 11.3 Å². The molecular formula is C42H55FO5. The van der Waals surface area contributed by atoms with Crippen LogP contribution in [0.2, 0.25) is 0 Å². The Kier molecular flexibility index (Phi) is 13.8. The normalized spacial score (nSPS) is 16.5. The first-order valence-electron chi connectivity index (χ1n) is 17.8. The van der Waals surface area contributed by atoms with E-state index in [1.54, 1.807) is 19.9 Å². The Balaban J connectivity index is 1.54. The average Bonchev–Trinajstić information content (AvgIpc) is 3.11. The average molecular weight is 659 g/mol. The van der Waals surface area contributed by atoms with Crippen molar-refractivity contribution in [2.45, 2.75) is 97.8 Å². The van der Waals surface area contributed by atoms with Crippen molar-refractivity contribution in [1.29, 1.82) is 0 Å². The van der Waals surface area contributed by atoms with E-state index in [1.165, 1.54) is 38.5 Å². The Morgan fingerprint density at radius 1 is 0.917 bits per heavy atom. The zero-order valence-electron chi connectivity index (χ0n) is 29.5. The summed E-state index contributed by atoms with van der Waals surface area (Å²) in [6.45, 7) is 11.2. The van der Waals surface area contributed by atoms with E-state index in [0.29, 0.717) is 29.2 Å². The lowest BCUT2D eigenvalue weighted by atomic mass is 9.77. The van der Waals surface area contributed by atoms with Crippen molar-refractivity contribution < 1.29 is 28.9 Å². The first kappa shape index (κ1) is 37.3. The number of aliphatic hydroxyl groups excluding tert-OH is 2. The number of aliphatic hydroxyl groups is 2. The van der Waals surface area contributed by atoms with Gasteiger partial charge in [0.15, 0.2) is 0 Å². The molecule has 48 heavy (non-hydrogen) atoms. The first-order chi connectivity index (χ1) is 23.1. The van der Waals surface area contributed by atoms with Crippen LogP contribution in [-0.4, -0.2) is 42.6 Å². The maximum absolute atomic E-state index is 15.8. The van der Waals surface area contributed by atoms with Crippen molar-refractivity contribution in [1.82, 2.24) is 0 Å². The van der Waals surface area contributed by atoms with Gasteiger partial charge in [-0.05, 0) is 102 Å². The van der Waals surface area contributed by atoms with Crippen LogP contribution in [-0.2, 0) is 22.4 Å². The highest BCUT2D eigenvalue weighted by atomic mass is 19.1. The van der Waals surface area contributed by atoms with Crippen molar-refractivity contribution >= 4 is 5.97 Å². The molecule has 0 aromatic heterocycles. The minimum atomic E-state index is -0.797. The molecule has 4 rings (SSSR count). The van der Waals surface area contributed by atoms with Crippen LogP contribution < -0.4 is 4.74 Å². The molecule has 1 aliphatic carbocycles. The fourth-order valence-electron chi connectivity index (χ4n) is 6.67. The Hall–Kier alpha value is -3.48. The third-order valence-corrected chi connectivity index (χ3v) is 9.99. The second-order valence-electron chi connectivity index (χ2n) is 14.1. The van der Waals surface area contributed by atoms with E-state index in [4.69, 9.17) is 9.47 Å². The van der Waals surface area contributed by atoms with Gasteiger partial charge < -0.3 is 19.7 Å². The van der Waals surface area contributed by atoms with Gasteiger partial charge in [0.1, 0.15) is 11.6 Å². The van der Waals surface area contributed by atoms with Crippen molar-refractivity contribution in [3.63, 3.8) is 0 Å². The minimum absolute atomic E-state index is 0.122. The number of halogens is 1. The maximum Gasteiger partial charge on any atom is 0.333 e. The number of benzene rings is 3. The molecule has 0 atom stereocenters. The van der Waals surface area contributed by atoms with E-state index in [-0.39, 0.29) is 32.2 Å². The maximum atomic E-state index is 15.8. The van der Waals surface area contributed by atoms with Gasteiger partial charge in [-0.1, -0.05) is 89.4 Å².